The summed E-state index contributed by atoms with van der Waals surface area (Å²) in [7, 11) is 0. The minimum Gasteiger partial charge on any atom is -0.362 e. The number of amides is 4. The van der Waals surface area contributed by atoms with E-state index in [0.29, 0.717) is 0 Å². The third-order valence-electron chi connectivity index (χ3n) is 2.47. The maximum atomic E-state index is 11.3. The van der Waals surface area contributed by atoms with Crippen molar-refractivity contribution in [2.75, 3.05) is 52.6 Å². The summed E-state index contributed by atoms with van der Waals surface area (Å²) < 4.78 is 9.85. The molecule has 0 aromatic carbocycles. The highest BCUT2D eigenvalue weighted by Crippen LogP contribution is 1.79. The monoisotopic (exact) mass is 316 g/mol. The van der Waals surface area contributed by atoms with Gasteiger partial charge in [0.15, 0.2) is 0 Å². The Bertz CT molecular complexity index is 340. The molecule has 4 amide bonds. The molecule has 0 saturated carbocycles. The standard InChI is InChI=1S/C12H20N4O6/c17-9-5-21-7-11(19)15-3-4-16-12(20)8-22-6-10(18)14-2-1-13-9/h1-8H2,(H,13,17)(H,14,18)(H,15,19)(H,16,20). The molecule has 1 aliphatic heterocycles. The van der Waals surface area contributed by atoms with Gasteiger partial charge in [0.25, 0.3) is 0 Å². The van der Waals surface area contributed by atoms with Gasteiger partial charge in [0.1, 0.15) is 26.4 Å². The number of rotatable bonds is 0. The first-order chi connectivity index (χ1) is 10.6. The molecule has 1 heterocycles. The summed E-state index contributed by atoms with van der Waals surface area (Å²) in [6, 6.07) is 0. The van der Waals surface area contributed by atoms with Gasteiger partial charge < -0.3 is 30.7 Å². The van der Waals surface area contributed by atoms with E-state index in [1.165, 1.54) is 0 Å². The van der Waals surface area contributed by atoms with Crippen LogP contribution in [0.1, 0.15) is 0 Å². The van der Waals surface area contributed by atoms with Gasteiger partial charge in [-0.2, -0.15) is 0 Å². The molecule has 1 rings (SSSR count). The summed E-state index contributed by atoms with van der Waals surface area (Å²) in [6.45, 7) is -0.104. The normalized spacial score (nSPS) is 20.7. The lowest BCUT2D eigenvalue weighted by Crippen LogP contribution is -2.40. The van der Waals surface area contributed by atoms with E-state index in [1.54, 1.807) is 0 Å². The molecule has 0 radical (unpaired) electrons. The lowest BCUT2D eigenvalue weighted by Gasteiger charge is -2.10. The molecule has 4 N–H and O–H groups in total. The van der Waals surface area contributed by atoms with E-state index in [2.05, 4.69) is 21.3 Å². The molecular formula is C12H20N4O6. The fourth-order valence-corrected chi connectivity index (χ4v) is 1.48. The van der Waals surface area contributed by atoms with Crippen LogP contribution in [0.2, 0.25) is 0 Å². The third kappa shape index (κ3) is 8.87. The Balaban J connectivity index is 2.38. The van der Waals surface area contributed by atoms with E-state index < -0.39 is 0 Å². The van der Waals surface area contributed by atoms with E-state index in [9.17, 15) is 19.2 Å². The first kappa shape index (κ1) is 17.9. The van der Waals surface area contributed by atoms with Gasteiger partial charge >= 0.3 is 0 Å². The maximum Gasteiger partial charge on any atom is 0.246 e. The minimum atomic E-state index is -0.383. The predicted molar refractivity (Wildman–Crippen MR) is 73.7 cm³/mol. The second-order valence-corrected chi connectivity index (χ2v) is 4.39. The fraction of sp³-hybridized carbons (Fsp3) is 0.667. The van der Waals surface area contributed by atoms with E-state index >= 15 is 0 Å². The fourth-order valence-electron chi connectivity index (χ4n) is 1.48. The van der Waals surface area contributed by atoms with Gasteiger partial charge in [-0.15, -0.1) is 0 Å². The largest absolute Gasteiger partial charge is 0.362 e. The van der Waals surface area contributed by atoms with Gasteiger partial charge in [-0.05, 0) is 0 Å². The zero-order chi connectivity index (χ0) is 16.2. The van der Waals surface area contributed by atoms with Gasteiger partial charge in [-0.3, -0.25) is 19.2 Å². The zero-order valence-corrected chi connectivity index (χ0v) is 12.1. The topological polar surface area (TPSA) is 135 Å². The van der Waals surface area contributed by atoms with Crippen LogP contribution in [-0.4, -0.2) is 76.2 Å². The molecule has 0 atom stereocenters. The molecule has 0 spiro atoms. The molecular weight excluding hydrogens is 296 g/mol. The van der Waals surface area contributed by atoms with Crippen molar-refractivity contribution in [3.8, 4) is 0 Å². The van der Waals surface area contributed by atoms with Crippen LogP contribution in [0, 0.1) is 0 Å². The van der Waals surface area contributed by atoms with E-state index in [1.807, 2.05) is 0 Å². The van der Waals surface area contributed by atoms with Crippen molar-refractivity contribution in [2.45, 2.75) is 0 Å². The van der Waals surface area contributed by atoms with Crippen LogP contribution in [0.3, 0.4) is 0 Å². The van der Waals surface area contributed by atoms with E-state index in [0.717, 1.165) is 0 Å². The first-order valence-electron chi connectivity index (χ1n) is 6.80. The van der Waals surface area contributed by atoms with Crippen molar-refractivity contribution in [3.05, 3.63) is 0 Å². The van der Waals surface area contributed by atoms with Gasteiger partial charge in [0, 0.05) is 26.2 Å². The van der Waals surface area contributed by atoms with Crippen LogP contribution in [0.5, 0.6) is 0 Å². The van der Waals surface area contributed by atoms with Crippen LogP contribution in [0.15, 0.2) is 0 Å². The SMILES string of the molecule is O=C1COCC(=O)NCCNC(=O)COCC(=O)NCCN1. The molecule has 1 aliphatic rings. The van der Waals surface area contributed by atoms with E-state index in [4.69, 9.17) is 9.47 Å². The van der Waals surface area contributed by atoms with Gasteiger partial charge in [-0.1, -0.05) is 0 Å². The molecule has 0 bridgehead atoms. The Morgan fingerprint density at radius 2 is 0.727 bits per heavy atom. The summed E-state index contributed by atoms with van der Waals surface area (Å²) >= 11 is 0. The number of hydrogen-bond acceptors (Lipinski definition) is 6. The van der Waals surface area contributed by atoms with Gasteiger partial charge in [0.05, 0.1) is 0 Å². The second-order valence-electron chi connectivity index (χ2n) is 4.39. The second kappa shape index (κ2) is 10.5. The first-order valence-corrected chi connectivity index (χ1v) is 6.80. The average Bonchev–Trinajstić information content (AvgIpc) is 2.47. The number of ether oxygens (including phenoxy) is 2. The molecule has 10 heteroatoms. The molecule has 1 saturated heterocycles. The van der Waals surface area contributed by atoms with Crippen molar-refractivity contribution in [1.82, 2.24) is 21.3 Å². The highest BCUT2D eigenvalue weighted by molar-refractivity contribution is 5.81. The van der Waals surface area contributed by atoms with Gasteiger partial charge in [0.2, 0.25) is 23.6 Å². The van der Waals surface area contributed by atoms with Crippen molar-refractivity contribution in [1.29, 1.82) is 0 Å². The van der Waals surface area contributed by atoms with Crippen molar-refractivity contribution in [2.24, 2.45) is 0 Å². The molecule has 0 aromatic heterocycles. The number of carbonyl (C=O) groups is 4. The van der Waals surface area contributed by atoms with Crippen molar-refractivity contribution < 1.29 is 28.7 Å². The summed E-state index contributed by atoms with van der Waals surface area (Å²) in [5.41, 5.74) is 0. The summed E-state index contributed by atoms with van der Waals surface area (Å²) in [4.78, 5) is 45.4. The summed E-state index contributed by atoms with van der Waals surface area (Å²) in [5, 5.41) is 10.1. The Morgan fingerprint density at radius 3 is 0.955 bits per heavy atom. The predicted octanol–water partition coefficient (Wildman–Crippen LogP) is -3.50. The molecule has 1 fully saturated rings. The maximum absolute atomic E-state index is 11.3. The quantitative estimate of drug-likeness (QED) is 0.366. The molecule has 10 nitrogen and oxygen atoms in total. The Labute approximate surface area is 127 Å². The van der Waals surface area contributed by atoms with E-state index in [-0.39, 0.29) is 76.2 Å². The zero-order valence-electron chi connectivity index (χ0n) is 12.1. The Kier molecular flexibility index (Phi) is 8.53. The van der Waals surface area contributed by atoms with Crippen molar-refractivity contribution in [3.63, 3.8) is 0 Å². The van der Waals surface area contributed by atoms with Crippen LogP contribution in [-0.2, 0) is 28.7 Å². The number of hydrogen-bond donors (Lipinski definition) is 4. The minimum absolute atomic E-state index is 0.223. The summed E-state index contributed by atoms with van der Waals surface area (Å²) in [5.74, 6) is -1.53. The molecule has 0 aliphatic carbocycles. The smallest absolute Gasteiger partial charge is 0.246 e. The van der Waals surface area contributed by atoms with Crippen LogP contribution >= 0.6 is 0 Å². The third-order valence-corrected chi connectivity index (χ3v) is 2.47. The number of nitrogens with one attached hydrogen (secondary N) is 4. The molecule has 22 heavy (non-hydrogen) atoms. The lowest BCUT2D eigenvalue weighted by molar-refractivity contribution is -0.133. The molecule has 0 aromatic rings. The average molecular weight is 316 g/mol. The Morgan fingerprint density at radius 1 is 0.500 bits per heavy atom. The highest BCUT2D eigenvalue weighted by atomic mass is 16.5. The number of carbonyl (C=O) groups excluding carboxylic acids is 4. The Hall–Kier alpha value is -2.20. The van der Waals surface area contributed by atoms with Crippen molar-refractivity contribution >= 4 is 23.6 Å². The van der Waals surface area contributed by atoms with Crippen LogP contribution in [0.25, 0.3) is 0 Å². The lowest BCUT2D eigenvalue weighted by atomic mass is 10.5. The molecule has 0 unspecified atom stereocenters. The van der Waals surface area contributed by atoms with Gasteiger partial charge in [-0.25, -0.2) is 0 Å². The summed E-state index contributed by atoms with van der Waals surface area (Å²) in [6.07, 6.45) is 0. The van der Waals surface area contributed by atoms with Crippen LogP contribution in [0.4, 0.5) is 0 Å². The van der Waals surface area contributed by atoms with Crippen LogP contribution < -0.4 is 21.3 Å². The molecule has 124 valence electrons. The highest BCUT2D eigenvalue weighted by Gasteiger charge is 2.08.